The Kier molecular flexibility index (Phi) is 7.68. The number of rotatable bonds is 9. The molecule has 1 aromatic rings. The summed E-state index contributed by atoms with van der Waals surface area (Å²) < 4.78 is 14.4. The molecular weight excluding hydrogens is 267 g/mol. The average Bonchev–Trinajstić information content (AvgIpc) is 2.45. The summed E-state index contributed by atoms with van der Waals surface area (Å²) in [4.78, 5) is 2.17. The first kappa shape index (κ1) is 17.9. The minimum absolute atomic E-state index is 0.0310. The van der Waals surface area contributed by atoms with Crippen LogP contribution in [-0.2, 0) is 0 Å². The van der Waals surface area contributed by atoms with E-state index in [0.29, 0.717) is 6.42 Å². The third kappa shape index (κ3) is 4.97. The van der Waals surface area contributed by atoms with Crippen LogP contribution in [0.1, 0.15) is 52.1 Å². The molecule has 0 aliphatic carbocycles. The highest BCUT2D eigenvalue weighted by Crippen LogP contribution is 2.30. The number of aliphatic hydroxyl groups is 1. The normalized spacial score (nSPS) is 12.7. The van der Waals surface area contributed by atoms with E-state index in [-0.39, 0.29) is 24.5 Å². The smallest absolute Gasteiger partial charge is 0.130 e. The largest absolute Gasteiger partial charge is 0.396 e. The van der Waals surface area contributed by atoms with Gasteiger partial charge in [0, 0.05) is 36.5 Å². The third-order valence-electron chi connectivity index (χ3n) is 3.65. The molecule has 0 heterocycles. The van der Waals surface area contributed by atoms with Crippen molar-refractivity contribution < 1.29 is 9.50 Å². The molecule has 0 amide bonds. The number of benzene rings is 1. The van der Waals surface area contributed by atoms with Gasteiger partial charge in [-0.3, -0.25) is 0 Å². The van der Waals surface area contributed by atoms with Crippen molar-refractivity contribution in [2.24, 2.45) is 0 Å². The van der Waals surface area contributed by atoms with Crippen LogP contribution in [0.3, 0.4) is 0 Å². The number of anilines is 1. The SMILES string of the molecule is CCCNC(C)c1c(F)cccc1N(CCCO)C(C)C. The molecular formula is C17H29FN2O. The minimum Gasteiger partial charge on any atom is -0.396 e. The molecule has 21 heavy (non-hydrogen) atoms. The molecule has 0 spiro atoms. The fraction of sp³-hybridized carbons (Fsp3) is 0.647. The predicted octanol–water partition coefficient (Wildman–Crippen LogP) is 3.48. The van der Waals surface area contributed by atoms with Gasteiger partial charge in [0.1, 0.15) is 5.82 Å². The van der Waals surface area contributed by atoms with Crippen molar-refractivity contribution in [3.63, 3.8) is 0 Å². The van der Waals surface area contributed by atoms with Gasteiger partial charge in [0.05, 0.1) is 0 Å². The molecule has 3 nitrogen and oxygen atoms in total. The maximum atomic E-state index is 14.4. The van der Waals surface area contributed by atoms with E-state index >= 15 is 0 Å². The molecule has 1 aromatic carbocycles. The van der Waals surface area contributed by atoms with Crippen molar-refractivity contribution in [3.8, 4) is 0 Å². The van der Waals surface area contributed by atoms with Gasteiger partial charge in [-0.2, -0.15) is 0 Å². The zero-order valence-electron chi connectivity index (χ0n) is 13.7. The monoisotopic (exact) mass is 296 g/mol. The second-order valence-corrected chi connectivity index (χ2v) is 5.71. The molecule has 0 aromatic heterocycles. The Morgan fingerprint density at radius 3 is 2.57 bits per heavy atom. The summed E-state index contributed by atoms with van der Waals surface area (Å²) in [6, 6.07) is 5.48. The van der Waals surface area contributed by atoms with Crippen LogP contribution >= 0.6 is 0 Å². The molecule has 1 unspecified atom stereocenters. The van der Waals surface area contributed by atoms with Crippen LogP contribution < -0.4 is 10.2 Å². The summed E-state index contributed by atoms with van der Waals surface area (Å²) in [7, 11) is 0. The molecule has 0 saturated carbocycles. The number of halogens is 1. The predicted molar refractivity (Wildman–Crippen MR) is 87.3 cm³/mol. The van der Waals surface area contributed by atoms with Crippen molar-refractivity contribution in [2.75, 3.05) is 24.6 Å². The lowest BCUT2D eigenvalue weighted by atomic mass is 10.0. The molecule has 0 radical (unpaired) electrons. The van der Waals surface area contributed by atoms with Crippen molar-refractivity contribution in [1.82, 2.24) is 5.32 Å². The number of nitrogens with one attached hydrogen (secondary N) is 1. The highest BCUT2D eigenvalue weighted by atomic mass is 19.1. The Labute approximate surface area is 128 Å². The van der Waals surface area contributed by atoms with Crippen molar-refractivity contribution in [2.45, 2.75) is 52.6 Å². The van der Waals surface area contributed by atoms with E-state index in [0.717, 1.165) is 30.8 Å². The Hall–Kier alpha value is -1.13. The van der Waals surface area contributed by atoms with Crippen LogP contribution in [0.2, 0.25) is 0 Å². The number of aliphatic hydroxyl groups excluding tert-OH is 1. The molecule has 1 rings (SSSR count). The fourth-order valence-electron chi connectivity index (χ4n) is 2.57. The third-order valence-corrected chi connectivity index (χ3v) is 3.65. The average molecular weight is 296 g/mol. The highest BCUT2D eigenvalue weighted by molar-refractivity contribution is 5.56. The molecule has 0 fully saturated rings. The lowest BCUT2D eigenvalue weighted by Crippen LogP contribution is -2.34. The minimum atomic E-state index is -0.168. The number of nitrogens with zero attached hydrogens (tertiary/aromatic N) is 1. The molecule has 4 heteroatoms. The molecule has 2 N–H and O–H groups in total. The summed E-state index contributed by atoms with van der Waals surface area (Å²) >= 11 is 0. The molecule has 0 aliphatic heterocycles. The standard InChI is InChI=1S/C17H29FN2O/c1-5-10-19-14(4)17-15(18)8-6-9-16(17)20(13(2)3)11-7-12-21/h6,8-9,13-14,19,21H,5,7,10-12H2,1-4H3. The lowest BCUT2D eigenvalue weighted by molar-refractivity contribution is 0.288. The van der Waals surface area contributed by atoms with Crippen molar-refractivity contribution in [1.29, 1.82) is 0 Å². The zero-order chi connectivity index (χ0) is 15.8. The summed E-state index contributed by atoms with van der Waals surface area (Å²) in [5.74, 6) is -0.168. The maximum Gasteiger partial charge on any atom is 0.130 e. The highest BCUT2D eigenvalue weighted by Gasteiger charge is 2.20. The van der Waals surface area contributed by atoms with E-state index in [1.807, 2.05) is 13.0 Å². The van der Waals surface area contributed by atoms with Crippen LogP contribution in [-0.4, -0.2) is 30.8 Å². The zero-order valence-corrected chi connectivity index (χ0v) is 13.7. The Balaban J connectivity index is 3.11. The van der Waals surface area contributed by atoms with Gasteiger partial charge in [-0.25, -0.2) is 4.39 Å². The van der Waals surface area contributed by atoms with E-state index in [1.54, 1.807) is 6.07 Å². The first-order valence-corrected chi connectivity index (χ1v) is 7.92. The maximum absolute atomic E-state index is 14.4. The Morgan fingerprint density at radius 2 is 2.00 bits per heavy atom. The quantitative estimate of drug-likeness (QED) is 0.732. The van der Waals surface area contributed by atoms with Crippen LogP contribution in [0.25, 0.3) is 0 Å². The summed E-state index contributed by atoms with van der Waals surface area (Å²) in [5.41, 5.74) is 1.65. The van der Waals surface area contributed by atoms with Gasteiger partial charge >= 0.3 is 0 Å². The van der Waals surface area contributed by atoms with Crippen LogP contribution in [0.15, 0.2) is 18.2 Å². The van der Waals surface area contributed by atoms with E-state index in [4.69, 9.17) is 5.11 Å². The molecule has 0 saturated heterocycles. The number of hydrogen-bond acceptors (Lipinski definition) is 3. The topological polar surface area (TPSA) is 35.5 Å². The second kappa shape index (κ2) is 9.00. The summed E-state index contributed by atoms with van der Waals surface area (Å²) in [6.07, 6.45) is 1.71. The summed E-state index contributed by atoms with van der Waals surface area (Å²) in [5, 5.41) is 12.4. The van der Waals surface area contributed by atoms with E-state index < -0.39 is 0 Å². The van der Waals surface area contributed by atoms with E-state index in [9.17, 15) is 4.39 Å². The molecule has 0 bridgehead atoms. The van der Waals surface area contributed by atoms with Crippen molar-refractivity contribution >= 4 is 5.69 Å². The second-order valence-electron chi connectivity index (χ2n) is 5.71. The van der Waals surface area contributed by atoms with Crippen molar-refractivity contribution in [3.05, 3.63) is 29.6 Å². The van der Waals surface area contributed by atoms with Gasteiger partial charge in [0.2, 0.25) is 0 Å². The molecule has 120 valence electrons. The van der Waals surface area contributed by atoms with Crippen LogP contribution in [0.4, 0.5) is 10.1 Å². The van der Waals surface area contributed by atoms with E-state index in [2.05, 4.69) is 31.0 Å². The van der Waals surface area contributed by atoms with Gasteiger partial charge in [-0.1, -0.05) is 13.0 Å². The lowest BCUT2D eigenvalue weighted by Gasteiger charge is -2.32. The first-order chi connectivity index (χ1) is 10.0. The fourth-order valence-corrected chi connectivity index (χ4v) is 2.57. The Bertz CT molecular complexity index is 423. The molecule has 1 atom stereocenters. The van der Waals surface area contributed by atoms with Gasteiger partial charge in [-0.15, -0.1) is 0 Å². The van der Waals surface area contributed by atoms with Crippen LogP contribution in [0.5, 0.6) is 0 Å². The number of hydrogen-bond donors (Lipinski definition) is 2. The Morgan fingerprint density at radius 1 is 1.29 bits per heavy atom. The van der Waals surface area contributed by atoms with Crippen LogP contribution in [0, 0.1) is 5.82 Å². The van der Waals surface area contributed by atoms with E-state index in [1.165, 1.54) is 6.07 Å². The first-order valence-electron chi connectivity index (χ1n) is 7.92. The summed E-state index contributed by atoms with van der Waals surface area (Å²) in [6.45, 7) is 10.0. The van der Waals surface area contributed by atoms with Gasteiger partial charge in [-0.05, 0) is 52.3 Å². The van der Waals surface area contributed by atoms with Gasteiger partial charge < -0.3 is 15.3 Å². The van der Waals surface area contributed by atoms with Gasteiger partial charge in [0.15, 0.2) is 0 Å². The molecule has 0 aliphatic rings. The van der Waals surface area contributed by atoms with Gasteiger partial charge in [0.25, 0.3) is 0 Å².